The van der Waals surface area contributed by atoms with E-state index < -0.39 is 22.2 Å². The molecule has 0 radical (unpaired) electrons. The van der Waals surface area contributed by atoms with Gasteiger partial charge < -0.3 is 5.11 Å². The van der Waals surface area contributed by atoms with Crippen molar-refractivity contribution in [3.8, 4) is 12.3 Å². The first-order valence-corrected chi connectivity index (χ1v) is 6.69. The van der Waals surface area contributed by atoms with Gasteiger partial charge in [0.2, 0.25) is 0 Å². The Kier molecular flexibility index (Phi) is 6.80. The van der Waals surface area contributed by atoms with Crippen LogP contribution in [-0.4, -0.2) is 43.4 Å². The third-order valence-electron chi connectivity index (χ3n) is 2.12. The van der Waals surface area contributed by atoms with Crippen LogP contribution < -0.4 is 4.72 Å². The number of rotatable bonds is 8. The van der Waals surface area contributed by atoms with Gasteiger partial charge in [-0.15, -0.1) is 6.42 Å². The van der Waals surface area contributed by atoms with Crippen LogP contribution in [0.15, 0.2) is 0 Å². The van der Waals surface area contributed by atoms with Gasteiger partial charge in [0.15, 0.2) is 0 Å². The SMILES string of the molecule is C#CC(CCC)NS(=O)(=O)N(C)CCC(=O)O. The summed E-state index contributed by atoms with van der Waals surface area (Å²) in [4.78, 5) is 10.3. The summed E-state index contributed by atoms with van der Waals surface area (Å²) in [7, 11) is -2.40. The molecule has 0 aliphatic rings. The molecule has 1 unspecified atom stereocenters. The van der Waals surface area contributed by atoms with Crippen LogP contribution in [0.3, 0.4) is 0 Å². The molecule has 0 aromatic carbocycles. The molecule has 0 aliphatic heterocycles. The maximum atomic E-state index is 11.7. The topological polar surface area (TPSA) is 86.7 Å². The fourth-order valence-corrected chi connectivity index (χ4v) is 2.17. The molecule has 0 fully saturated rings. The number of carboxylic acids is 1. The largest absolute Gasteiger partial charge is 0.481 e. The Morgan fingerprint density at radius 2 is 2.18 bits per heavy atom. The molecule has 7 heteroatoms. The fraction of sp³-hybridized carbons (Fsp3) is 0.700. The van der Waals surface area contributed by atoms with Crippen molar-refractivity contribution in [2.45, 2.75) is 32.2 Å². The number of carboxylic acid groups (broad SMARTS) is 1. The summed E-state index contributed by atoms with van der Waals surface area (Å²) in [5.74, 6) is 1.30. The normalized spacial score (nSPS) is 13.3. The Balaban J connectivity index is 4.45. The summed E-state index contributed by atoms with van der Waals surface area (Å²) in [6.45, 7) is 1.81. The molecule has 0 aliphatic carbocycles. The van der Waals surface area contributed by atoms with Crippen molar-refractivity contribution < 1.29 is 18.3 Å². The zero-order valence-electron chi connectivity index (χ0n) is 10.0. The van der Waals surface area contributed by atoms with E-state index in [1.165, 1.54) is 7.05 Å². The van der Waals surface area contributed by atoms with Crippen molar-refractivity contribution in [1.82, 2.24) is 9.03 Å². The second kappa shape index (κ2) is 7.27. The molecular formula is C10H18N2O4S. The smallest absolute Gasteiger partial charge is 0.304 e. The van der Waals surface area contributed by atoms with Crippen molar-refractivity contribution in [3.05, 3.63) is 0 Å². The molecule has 2 N–H and O–H groups in total. The van der Waals surface area contributed by atoms with Crippen molar-refractivity contribution in [3.63, 3.8) is 0 Å². The van der Waals surface area contributed by atoms with Gasteiger partial charge in [-0.2, -0.15) is 17.4 Å². The third kappa shape index (κ3) is 6.26. The molecule has 0 saturated heterocycles. The number of nitrogens with one attached hydrogen (secondary N) is 1. The van der Waals surface area contributed by atoms with E-state index in [4.69, 9.17) is 11.5 Å². The molecule has 0 spiro atoms. The van der Waals surface area contributed by atoms with Crippen LogP contribution in [0.2, 0.25) is 0 Å². The van der Waals surface area contributed by atoms with Gasteiger partial charge in [0, 0.05) is 13.6 Å². The lowest BCUT2D eigenvalue weighted by atomic mass is 10.2. The first-order valence-electron chi connectivity index (χ1n) is 5.25. The highest BCUT2D eigenvalue weighted by molar-refractivity contribution is 7.87. The van der Waals surface area contributed by atoms with E-state index in [0.717, 1.165) is 10.7 Å². The molecule has 98 valence electrons. The molecule has 0 aromatic rings. The molecule has 17 heavy (non-hydrogen) atoms. The molecule has 1 atom stereocenters. The van der Waals surface area contributed by atoms with Crippen LogP contribution in [0.4, 0.5) is 0 Å². The van der Waals surface area contributed by atoms with E-state index >= 15 is 0 Å². The summed E-state index contributed by atoms with van der Waals surface area (Å²) < 4.78 is 26.7. The summed E-state index contributed by atoms with van der Waals surface area (Å²) in [5.41, 5.74) is 0. The van der Waals surface area contributed by atoms with Crippen molar-refractivity contribution in [2.75, 3.05) is 13.6 Å². The minimum Gasteiger partial charge on any atom is -0.481 e. The number of hydrogen-bond acceptors (Lipinski definition) is 3. The van der Waals surface area contributed by atoms with Gasteiger partial charge in [-0.05, 0) is 6.42 Å². The van der Waals surface area contributed by atoms with E-state index in [2.05, 4.69) is 10.6 Å². The molecule has 0 aromatic heterocycles. The lowest BCUT2D eigenvalue weighted by molar-refractivity contribution is -0.137. The maximum absolute atomic E-state index is 11.7. The van der Waals surface area contributed by atoms with E-state index in [-0.39, 0.29) is 13.0 Å². The average molecular weight is 262 g/mol. The quantitative estimate of drug-likeness (QED) is 0.604. The Morgan fingerprint density at radius 3 is 2.59 bits per heavy atom. The third-order valence-corrected chi connectivity index (χ3v) is 3.71. The van der Waals surface area contributed by atoms with Gasteiger partial charge in [0.25, 0.3) is 10.2 Å². The first-order chi connectivity index (χ1) is 7.83. The zero-order chi connectivity index (χ0) is 13.5. The second-order valence-corrected chi connectivity index (χ2v) is 5.41. The maximum Gasteiger partial charge on any atom is 0.304 e. The first kappa shape index (κ1) is 15.9. The Labute approximate surface area is 102 Å². The van der Waals surface area contributed by atoms with E-state index in [1.807, 2.05) is 6.92 Å². The van der Waals surface area contributed by atoms with Crippen molar-refractivity contribution >= 4 is 16.2 Å². The standard InChI is InChI=1S/C10H18N2O4S/c1-4-6-9(5-2)11-17(15,16)12(3)8-7-10(13)14/h2,9,11H,4,6-8H2,1,3H3,(H,13,14). The van der Waals surface area contributed by atoms with Gasteiger partial charge >= 0.3 is 5.97 Å². The molecule has 0 rings (SSSR count). The molecule has 0 heterocycles. The summed E-state index contributed by atoms with van der Waals surface area (Å²) in [6, 6.07) is -0.558. The van der Waals surface area contributed by atoms with Crippen LogP contribution in [0, 0.1) is 12.3 Å². The molecule has 0 amide bonds. The Morgan fingerprint density at radius 1 is 1.59 bits per heavy atom. The fourth-order valence-electron chi connectivity index (χ4n) is 1.11. The highest BCUT2D eigenvalue weighted by Crippen LogP contribution is 2.01. The average Bonchev–Trinajstić information content (AvgIpc) is 2.24. The van der Waals surface area contributed by atoms with Crippen LogP contribution >= 0.6 is 0 Å². The molecule has 6 nitrogen and oxygen atoms in total. The summed E-state index contributed by atoms with van der Waals surface area (Å²) >= 11 is 0. The predicted molar refractivity (Wildman–Crippen MR) is 64.5 cm³/mol. The minimum atomic E-state index is -3.71. The van der Waals surface area contributed by atoms with Gasteiger partial charge in [0.05, 0.1) is 12.5 Å². The van der Waals surface area contributed by atoms with Crippen LogP contribution in [0.5, 0.6) is 0 Å². The lowest BCUT2D eigenvalue weighted by Crippen LogP contribution is -2.43. The molecular weight excluding hydrogens is 244 g/mol. The second-order valence-electron chi connectivity index (χ2n) is 3.60. The number of aliphatic carboxylic acids is 1. The van der Waals surface area contributed by atoms with E-state index in [9.17, 15) is 13.2 Å². The number of terminal acetylenes is 1. The van der Waals surface area contributed by atoms with Crippen LogP contribution in [0.1, 0.15) is 26.2 Å². The van der Waals surface area contributed by atoms with Gasteiger partial charge in [0.1, 0.15) is 0 Å². The molecule has 0 bridgehead atoms. The van der Waals surface area contributed by atoms with Gasteiger partial charge in [-0.25, -0.2) is 0 Å². The summed E-state index contributed by atoms with van der Waals surface area (Å²) in [5, 5.41) is 8.47. The molecule has 0 saturated carbocycles. The monoisotopic (exact) mass is 262 g/mol. The number of nitrogens with zero attached hydrogens (tertiary/aromatic N) is 1. The van der Waals surface area contributed by atoms with Crippen molar-refractivity contribution in [1.29, 1.82) is 0 Å². The number of carbonyl (C=O) groups is 1. The van der Waals surface area contributed by atoms with Gasteiger partial charge in [-0.3, -0.25) is 4.79 Å². The minimum absolute atomic E-state index is 0.0892. The lowest BCUT2D eigenvalue weighted by Gasteiger charge is -2.19. The van der Waals surface area contributed by atoms with Crippen LogP contribution in [0.25, 0.3) is 0 Å². The highest BCUT2D eigenvalue weighted by atomic mass is 32.2. The van der Waals surface area contributed by atoms with Crippen LogP contribution in [-0.2, 0) is 15.0 Å². The summed E-state index contributed by atoms with van der Waals surface area (Å²) in [6.07, 6.45) is 6.26. The van der Waals surface area contributed by atoms with E-state index in [1.54, 1.807) is 0 Å². The Bertz CT molecular complexity index is 386. The van der Waals surface area contributed by atoms with E-state index in [0.29, 0.717) is 6.42 Å². The van der Waals surface area contributed by atoms with Gasteiger partial charge in [-0.1, -0.05) is 19.3 Å². The van der Waals surface area contributed by atoms with Crippen molar-refractivity contribution in [2.24, 2.45) is 0 Å². The number of hydrogen-bond donors (Lipinski definition) is 2. The Hall–Kier alpha value is -1.10. The highest BCUT2D eigenvalue weighted by Gasteiger charge is 2.21. The zero-order valence-corrected chi connectivity index (χ0v) is 10.8. The predicted octanol–water partition coefficient (Wildman–Crippen LogP) is 0.0292.